The molecule has 2 aromatic rings. The lowest BCUT2D eigenvalue weighted by Gasteiger charge is -2.43. The number of nitrogens with zero attached hydrogens (tertiary/aromatic N) is 3. The van der Waals surface area contributed by atoms with Gasteiger partial charge in [-0.3, -0.25) is 4.99 Å². The Hall–Kier alpha value is -2.86. The summed E-state index contributed by atoms with van der Waals surface area (Å²) in [4.78, 5) is 7.04. The van der Waals surface area contributed by atoms with Crippen molar-refractivity contribution in [2.75, 3.05) is 11.4 Å². The normalized spacial score (nSPS) is 15.5. The van der Waals surface area contributed by atoms with Gasteiger partial charge in [-0.1, -0.05) is 6.08 Å². The highest BCUT2D eigenvalue weighted by Crippen LogP contribution is 2.39. The summed E-state index contributed by atoms with van der Waals surface area (Å²) in [7, 11) is 0. The highest BCUT2D eigenvalue weighted by Gasteiger charge is 2.30. The molecular formula is C23H25N3. The SMILES string of the molecule is CCN1c2cc(C)c(C=Nc3ccc(C#N)cc3)cc2C(C)=CC1(C)C. The van der Waals surface area contributed by atoms with E-state index in [1.807, 2.05) is 18.3 Å². The summed E-state index contributed by atoms with van der Waals surface area (Å²) in [6, 6.07) is 14.0. The quantitative estimate of drug-likeness (QED) is 0.677. The smallest absolute Gasteiger partial charge is 0.0991 e. The molecule has 0 spiro atoms. The minimum Gasteiger partial charge on any atom is -0.363 e. The molecule has 2 aromatic carbocycles. The second-order valence-corrected chi connectivity index (χ2v) is 7.37. The molecule has 1 aliphatic heterocycles. The van der Waals surface area contributed by atoms with E-state index in [1.54, 1.807) is 12.1 Å². The molecule has 0 amide bonds. The molecule has 0 aromatic heterocycles. The van der Waals surface area contributed by atoms with Crippen LogP contribution in [0.3, 0.4) is 0 Å². The molecule has 3 rings (SSSR count). The van der Waals surface area contributed by atoms with Crippen molar-refractivity contribution in [3.63, 3.8) is 0 Å². The molecule has 0 N–H and O–H groups in total. The Morgan fingerprint density at radius 2 is 1.85 bits per heavy atom. The van der Waals surface area contributed by atoms with Crippen molar-refractivity contribution in [2.45, 2.75) is 40.2 Å². The van der Waals surface area contributed by atoms with Gasteiger partial charge in [0.25, 0.3) is 0 Å². The van der Waals surface area contributed by atoms with Gasteiger partial charge in [0.15, 0.2) is 0 Å². The minimum atomic E-state index is 0.0242. The largest absolute Gasteiger partial charge is 0.363 e. The predicted octanol–water partition coefficient (Wildman–Crippen LogP) is 5.64. The molecule has 0 atom stereocenters. The first-order valence-corrected chi connectivity index (χ1v) is 9.02. The van der Waals surface area contributed by atoms with Crippen molar-refractivity contribution in [2.24, 2.45) is 4.99 Å². The number of anilines is 1. The minimum absolute atomic E-state index is 0.0242. The average molecular weight is 343 g/mol. The Bertz CT molecular complexity index is 925. The predicted molar refractivity (Wildman–Crippen MR) is 110 cm³/mol. The van der Waals surface area contributed by atoms with Gasteiger partial charge < -0.3 is 4.90 Å². The maximum absolute atomic E-state index is 8.89. The van der Waals surface area contributed by atoms with Gasteiger partial charge in [-0.2, -0.15) is 5.26 Å². The van der Waals surface area contributed by atoms with Gasteiger partial charge in [-0.25, -0.2) is 0 Å². The van der Waals surface area contributed by atoms with Crippen LogP contribution in [0.15, 0.2) is 47.5 Å². The molecule has 0 unspecified atom stereocenters. The molecule has 26 heavy (non-hydrogen) atoms. The molecular weight excluding hydrogens is 318 g/mol. The number of hydrogen-bond donors (Lipinski definition) is 0. The van der Waals surface area contributed by atoms with E-state index >= 15 is 0 Å². The van der Waals surface area contributed by atoms with E-state index < -0.39 is 0 Å². The van der Waals surface area contributed by atoms with Crippen LogP contribution in [0.1, 0.15) is 49.9 Å². The van der Waals surface area contributed by atoms with Crippen LogP contribution in [0.2, 0.25) is 0 Å². The van der Waals surface area contributed by atoms with Crippen LogP contribution in [0.4, 0.5) is 11.4 Å². The molecule has 132 valence electrons. The van der Waals surface area contributed by atoms with E-state index in [0.717, 1.165) is 17.8 Å². The number of benzene rings is 2. The zero-order valence-corrected chi connectivity index (χ0v) is 16.2. The zero-order chi connectivity index (χ0) is 18.9. The molecule has 0 saturated heterocycles. The molecule has 0 saturated carbocycles. The molecule has 1 heterocycles. The number of nitriles is 1. The number of aliphatic imine (C=N–C) groups is 1. The molecule has 0 radical (unpaired) electrons. The number of hydrogen-bond acceptors (Lipinski definition) is 3. The highest BCUT2D eigenvalue weighted by atomic mass is 15.2. The summed E-state index contributed by atoms with van der Waals surface area (Å²) < 4.78 is 0. The van der Waals surface area contributed by atoms with Gasteiger partial charge in [0.1, 0.15) is 0 Å². The Morgan fingerprint density at radius 1 is 1.15 bits per heavy atom. The Kier molecular flexibility index (Phi) is 4.70. The van der Waals surface area contributed by atoms with Crippen LogP contribution in [0.25, 0.3) is 5.57 Å². The van der Waals surface area contributed by atoms with E-state index in [2.05, 4.69) is 68.8 Å². The third-order valence-corrected chi connectivity index (χ3v) is 5.03. The van der Waals surface area contributed by atoms with Gasteiger partial charge in [0, 0.05) is 24.0 Å². The Morgan fingerprint density at radius 3 is 2.46 bits per heavy atom. The maximum Gasteiger partial charge on any atom is 0.0991 e. The molecule has 0 bridgehead atoms. The topological polar surface area (TPSA) is 39.4 Å². The van der Waals surface area contributed by atoms with Crippen molar-refractivity contribution in [1.82, 2.24) is 0 Å². The third kappa shape index (κ3) is 3.28. The fourth-order valence-electron chi connectivity index (χ4n) is 3.73. The standard InChI is InChI=1S/C23H25N3/c1-6-26-22-11-16(2)19(12-21(22)17(3)13-23(26,4)5)15-25-20-9-7-18(14-24)8-10-20/h7-13,15H,6H2,1-5H3. The zero-order valence-electron chi connectivity index (χ0n) is 16.2. The Balaban J connectivity index is 1.99. The summed E-state index contributed by atoms with van der Waals surface area (Å²) in [5, 5.41) is 8.89. The van der Waals surface area contributed by atoms with E-state index in [-0.39, 0.29) is 5.54 Å². The summed E-state index contributed by atoms with van der Waals surface area (Å²) in [5.74, 6) is 0. The third-order valence-electron chi connectivity index (χ3n) is 5.03. The summed E-state index contributed by atoms with van der Waals surface area (Å²) in [5.41, 5.74) is 7.74. The van der Waals surface area contributed by atoms with Gasteiger partial charge in [0.2, 0.25) is 0 Å². The molecule has 0 aliphatic carbocycles. The van der Waals surface area contributed by atoms with E-state index in [1.165, 1.54) is 22.4 Å². The van der Waals surface area contributed by atoms with Gasteiger partial charge in [0.05, 0.1) is 22.9 Å². The fraction of sp³-hybridized carbons (Fsp3) is 0.304. The van der Waals surface area contributed by atoms with Crippen molar-refractivity contribution >= 4 is 23.2 Å². The summed E-state index contributed by atoms with van der Waals surface area (Å²) >= 11 is 0. The van der Waals surface area contributed by atoms with Gasteiger partial charge >= 0.3 is 0 Å². The molecule has 3 heteroatoms. The summed E-state index contributed by atoms with van der Waals surface area (Å²) in [6.45, 7) is 12.0. The van der Waals surface area contributed by atoms with Gasteiger partial charge in [-0.05, 0) is 87.7 Å². The van der Waals surface area contributed by atoms with Crippen LogP contribution in [-0.4, -0.2) is 18.3 Å². The number of fused-ring (bicyclic) bond motifs is 1. The average Bonchev–Trinajstić information content (AvgIpc) is 2.60. The highest BCUT2D eigenvalue weighted by molar-refractivity contribution is 5.90. The number of likely N-dealkylation sites (N-methyl/N-ethyl adjacent to an activating group) is 1. The summed E-state index contributed by atoms with van der Waals surface area (Å²) in [6.07, 6.45) is 4.26. The van der Waals surface area contributed by atoms with Crippen molar-refractivity contribution in [1.29, 1.82) is 5.26 Å². The van der Waals surface area contributed by atoms with Crippen molar-refractivity contribution < 1.29 is 0 Å². The fourth-order valence-corrected chi connectivity index (χ4v) is 3.73. The lowest BCUT2D eigenvalue weighted by molar-refractivity contribution is 0.566. The number of aryl methyl sites for hydroxylation is 1. The lowest BCUT2D eigenvalue weighted by atomic mass is 9.87. The number of allylic oxidation sites excluding steroid dienone is 1. The van der Waals surface area contributed by atoms with E-state index in [0.29, 0.717) is 5.56 Å². The van der Waals surface area contributed by atoms with Crippen molar-refractivity contribution in [3.05, 3.63) is 64.7 Å². The second kappa shape index (κ2) is 6.80. The van der Waals surface area contributed by atoms with Gasteiger partial charge in [-0.15, -0.1) is 0 Å². The van der Waals surface area contributed by atoms with E-state index in [4.69, 9.17) is 5.26 Å². The maximum atomic E-state index is 8.89. The van der Waals surface area contributed by atoms with Crippen LogP contribution in [0.5, 0.6) is 0 Å². The first-order valence-electron chi connectivity index (χ1n) is 9.02. The molecule has 3 nitrogen and oxygen atoms in total. The van der Waals surface area contributed by atoms with Crippen LogP contribution >= 0.6 is 0 Å². The van der Waals surface area contributed by atoms with Crippen LogP contribution < -0.4 is 4.90 Å². The second-order valence-electron chi connectivity index (χ2n) is 7.37. The van der Waals surface area contributed by atoms with Crippen molar-refractivity contribution in [3.8, 4) is 6.07 Å². The lowest BCUT2D eigenvalue weighted by Crippen LogP contribution is -2.45. The first kappa shape index (κ1) is 17.9. The first-order chi connectivity index (χ1) is 12.4. The molecule has 0 fully saturated rings. The van der Waals surface area contributed by atoms with E-state index in [9.17, 15) is 0 Å². The van der Waals surface area contributed by atoms with Crippen LogP contribution in [0, 0.1) is 18.3 Å². The number of rotatable bonds is 3. The monoisotopic (exact) mass is 343 g/mol. The Labute approximate surface area is 156 Å². The van der Waals surface area contributed by atoms with Crippen LogP contribution in [-0.2, 0) is 0 Å². The molecule has 1 aliphatic rings.